The molecule has 1 aliphatic carbocycles. The van der Waals surface area contributed by atoms with E-state index in [4.69, 9.17) is 14.2 Å². The van der Waals surface area contributed by atoms with Gasteiger partial charge in [-0.1, -0.05) is 12.1 Å². The van der Waals surface area contributed by atoms with Gasteiger partial charge in [0.2, 0.25) is 11.7 Å². The summed E-state index contributed by atoms with van der Waals surface area (Å²) >= 11 is 1.32. The summed E-state index contributed by atoms with van der Waals surface area (Å²) in [6.45, 7) is -0.442. The molecular formula is C29H29FN2O8S. The molecule has 0 saturated heterocycles. The lowest BCUT2D eigenvalue weighted by atomic mass is 9.96. The SMILES string of the molecule is COc1cc2c(c(OC)c1OC)CC[C@H](NC(=O)Cc1cc(F)cc(CO[N+](=O)[O-])c1)c1cc(=O)c(SC)ccc1-2. The highest BCUT2D eigenvalue weighted by atomic mass is 32.2. The Morgan fingerprint density at radius 1 is 1.05 bits per heavy atom. The van der Waals surface area contributed by atoms with Crippen molar-refractivity contribution in [1.82, 2.24) is 5.32 Å². The lowest BCUT2D eigenvalue weighted by molar-refractivity contribution is -0.763. The quantitative estimate of drug-likeness (QED) is 0.206. The molecule has 0 fully saturated rings. The summed E-state index contributed by atoms with van der Waals surface area (Å²) in [7, 11) is 4.59. The second-order valence-electron chi connectivity index (χ2n) is 9.25. The van der Waals surface area contributed by atoms with E-state index in [1.807, 2.05) is 18.4 Å². The molecule has 0 spiro atoms. The molecule has 4 rings (SSSR count). The van der Waals surface area contributed by atoms with Gasteiger partial charge < -0.3 is 24.4 Å². The highest BCUT2D eigenvalue weighted by Gasteiger charge is 2.29. The number of fused-ring (bicyclic) bond motifs is 3. The minimum Gasteiger partial charge on any atom is -0.493 e. The number of halogens is 1. The Kier molecular flexibility index (Phi) is 9.33. The van der Waals surface area contributed by atoms with Crippen LogP contribution in [0, 0.1) is 15.9 Å². The van der Waals surface area contributed by atoms with Crippen molar-refractivity contribution in [3.8, 4) is 28.4 Å². The number of nitrogens with one attached hydrogen (secondary N) is 1. The van der Waals surface area contributed by atoms with E-state index in [0.717, 1.165) is 22.8 Å². The van der Waals surface area contributed by atoms with Crippen LogP contribution in [0.3, 0.4) is 0 Å². The maximum atomic E-state index is 14.2. The summed E-state index contributed by atoms with van der Waals surface area (Å²) in [5.74, 6) is 0.344. The van der Waals surface area contributed by atoms with E-state index in [0.29, 0.717) is 46.1 Å². The Hall–Kier alpha value is -4.32. The van der Waals surface area contributed by atoms with Crippen molar-refractivity contribution in [3.05, 3.63) is 90.9 Å². The minimum atomic E-state index is -0.967. The number of carbonyl (C=O) groups excluding carboxylic acids is 1. The van der Waals surface area contributed by atoms with E-state index >= 15 is 0 Å². The number of methoxy groups -OCH3 is 3. The third-order valence-corrected chi connectivity index (χ3v) is 7.57. The number of hydrogen-bond donors (Lipinski definition) is 1. The molecular weight excluding hydrogens is 555 g/mol. The molecule has 0 unspecified atom stereocenters. The average Bonchev–Trinajstić information content (AvgIpc) is 3.18. The summed E-state index contributed by atoms with van der Waals surface area (Å²) in [6, 6.07) is 10.2. The van der Waals surface area contributed by atoms with E-state index in [1.165, 1.54) is 38.1 Å². The second kappa shape index (κ2) is 12.9. The molecule has 216 valence electrons. The predicted octanol–water partition coefficient (Wildman–Crippen LogP) is 4.66. The van der Waals surface area contributed by atoms with Gasteiger partial charge in [0.15, 0.2) is 16.9 Å². The summed E-state index contributed by atoms with van der Waals surface area (Å²) < 4.78 is 31.1. The van der Waals surface area contributed by atoms with Crippen LogP contribution >= 0.6 is 11.8 Å². The molecule has 1 atom stereocenters. The normalized spacial score (nSPS) is 13.7. The van der Waals surface area contributed by atoms with Crippen LogP contribution in [0.15, 0.2) is 52.2 Å². The zero-order valence-electron chi connectivity index (χ0n) is 22.9. The van der Waals surface area contributed by atoms with Crippen LogP contribution in [0.2, 0.25) is 0 Å². The molecule has 1 aliphatic rings. The highest BCUT2D eigenvalue weighted by Crippen LogP contribution is 2.49. The molecule has 3 aromatic carbocycles. The molecule has 0 aromatic heterocycles. The van der Waals surface area contributed by atoms with E-state index in [9.17, 15) is 24.1 Å². The Bertz CT molecular complexity index is 1550. The fourth-order valence-electron chi connectivity index (χ4n) is 5.09. The topological polar surface area (TPSA) is 126 Å². The van der Waals surface area contributed by atoms with Crippen molar-refractivity contribution < 1.29 is 33.3 Å². The van der Waals surface area contributed by atoms with Crippen LogP contribution < -0.4 is 25.0 Å². The third-order valence-electron chi connectivity index (χ3n) is 6.80. The molecule has 0 radical (unpaired) electrons. The zero-order chi connectivity index (χ0) is 29.7. The van der Waals surface area contributed by atoms with Gasteiger partial charge in [0.25, 0.3) is 5.09 Å². The first-order valence-corrected chi connectivity index (χ1v) is 13.8. The lowest BCUT2D eigenvalue weighted by Crippen LogP contribution is -2.30. The van der Waals surface area contributed by atoms with E-state index < -0.39 is 29.5 Å². The van der Waals surface area contributed by atoms with Crippen molar-refractivity contribution in [2.24, 2.45) is 0 Å². The van der Waals surface area contributed by atoms with Gasteiger partial charge in [0.1, 0.15) is 12.4 Å². The highest BCUT2D eigenvalue weighted by molar-refractivity contribution is 7.98. The molecule has 12 heteroatoms. The average molecular weight is 585 g/mol. The van der Waals surface area contributed by atoms with Crippen LogP contribution in [0.1, 0.15) is 34.7 Å². The third kappa shape index (κ3) is 6.54. The zero-order valence-corrected chi connectivity index (χ0v) is 23.8. The van der Waals surface area contributed by atoms with Crippen LogP contribution in [-0.4, -0.2) is 38.6 Å². The standard InChI is InChI=1S/C29H29FN2O8S/c1-37-25-14-21-19-6-8-26(41-4)24(33)13-22(19)23(7-5-20(21)28(38-2)29(25)39-3)31-27(34)12-16-9-17(11-18(30)10-16)15-40-32(35)36/h6,8-11,13-14,23H,5,7,12,15H2,1-4H3,(H,31,34)/t23-/m0/s1. The number of hydrogen-bond acceptors (Lipinski definition) is 9. The summed E-state index contributed by atoms with van der Waals surface area (Å²) in [6.07, 6.45) is 2.54. The summed E-state index contributed by atoms with van der Waals surface area (Å²) in [5.41, 5.74) is 3.34. The van der Waals surface area contributed by atoms with E-state index in [2.05, 4.69) is 10.2 Å². The molecule has 0 aliphatic heterocycles. The van der Waals surface area contributed by atoms with Crippen molar-refractivity contribution in [2.45, 2.75) is 36.8 Å². The maximum Gasteiger partial charge on any atom is 0.294 e. The molecule has 0 heterocycles. The predicted molar refractivity (Wildman–Crippen MR) is 151 cm³/mol. The number of benzene rings is 2. The monoisotopic (exact) mass is 584 g/mol. The molecule has 1 amide bonds. The molecule has 0 bridgehead atoms. The Balaban J connectivity index is 1.75. The Morgan fingerprint density at radius 2 is 1.78 bits per heavy atom. The molecule has 1 N–H and O–H groups in total. The summed E-state index contributed by atoms with van der Waals surface area (Å²) in [4.78, 5) is 41.8. The van der Waals surface area contributed by atoms with Crippen molar-refractivity contribution in [1.29, 1.82) is 0 Å². The largest absolute Gasteiger partial charge is 0.493 e. The number of ether oxygens (including phenoxy) is 3. The van der Waals surface area contributed by atoms with Crippen molar-refractivity contribution >= 4 is 17.7 Å². The number of amides is 1. The lowest BCUT2D eigenvalue weighted by Gasteiger charge is -2.19. The Morgan fingerprint density at radius 3 is 2.44 bits per heavy atom. The second-order valence-corrected chi connectivity index (χ2v) is 10.1. The van der Waals surface area contributed by atoms with Gasteiger partial charge in [-0.05, 0) is 77.2 Å². The van der Waals surface area contributed by atoms with E-state index in [-0.39, 0.29) is 17.4 Å². The van der Waals surface area contributed by atoms with Crippen LogP contribution in [-0.2, 0) is 29.1 Å². The number of rotatable bonds is 10. The van der Waals surface area contributed by atoms with E-state index in [1.54, 1.807) is 19.2 Å². The first-order valence-electron chi connectivity index (χ1n) is 12.6. The fourth-order valence-corrected chi connectivity index (χ4v) is 5.55. The fraction of sp³-hybridized carbons (Fsp3) is 0.310. The van der Waals surface area contributed by atoms with Gasteiger partial charge in [-0.25, -0.2) is 4.39 Å². The number of nitrogens with zero attached hydrogens (tertiary/aromatic N) is 1. The minimum absolute atomic E-state index is 0.186. The molecule has 0 saturated carbocycles. The molecule has 41 heavy (non-hydrogen) atoms. The Labute approximate surface area is 239 Å². The van der Waals surface area contributed by atoms with Crippen molar-refractivity contribution in [3.63, 3.8) is 0 Å². The van der Waals surface area contributed by atoms with Gasteiger partial charge in [-0.2, -0.15) is 0 Å². The van der Waals surface area contributed by atoms with Gasteiger partial charge in [0, 0.05) is 5.56 Å². The van der Waals surface area contributed by atoms with Crippen LogP contribution in [0.25, 0.3) is 11.1 Å². The first kappa shape index (κ1) is 29.7. The van der Waals surface area contributed by atoms with Gasteiger partial charge in [0.05, 0.1) is 38.7 Å². The van der Waals surface area contributed by atoms with Gasteiger partial charge in [-0.3, -0.25) is 9.59 Å². The molecule has 10 nitrogen and oxygen atoms in total. The van der Waals surface area contributed by atoms with Crippen LogP contribution in [0.5, 0.6) is 17.2 Å². The molecule has 3 aromatic rings. The summed E-state index contributed by atoms with van der Waals surface area (Å²) in [5, 5.41) is 12.6. The van der Waals surface area contributed by atoms with Crippen LogP contribution in [0.4, 0.5) is 4.39 Å². The van der Waals surface area contributed by atoms with Gasteiger partial charge in [-0.15, -0.1) is 21.9 Å². The smallest absolute Gasteiger partial charge is 0.294 e. The first-order chi connectivity index (χ1) is 19.7. The maximum absolute atomic E-state index is 14.2. The van der Waals surface area contributed by atoms with Gasteiger partial charge >= 0.3 is 0 Å². The van der Waals surface area contributed by atoms with Crippen molar-refractivity contribution in [2.75, 3.05) is 27.6 Å². The number of thioether (sulfide) groups is 1. The number of carbonyl (C=O) groups is 1.